The van der Waals surface area contributed by atoms with Gasteiger partial charge in [-0.2, -0.15) is 0 Å². The molecule has 1 aromatic carbocycles. The first kappa shape index (κ1) is 17.7. The molecule has 0 saturated heterocycles. The van der Waals surface area contributed by atoms with Crippen LogP contribution in [0.4, 0.5) is 0 Å². The van der Waals surface area contributed by atoms with Gasteiger partial charge in [0.25, 0.3) is 0 Å². The van der Waals surface area contributed by atoms with Gasteiger partial charge in [0, 0.05) is 5.41 Å². The van der Waals surface area contributed by atoms with Crippen molar-refractivity contribution in [1.82, 2.24) is 0 Å². The van der Waals surface area contributed by atoms with Gasteiger partial charge in [-0.3, -0.25) is 4.79 Å². The molecule has 0 aromatic heterocycles. The van der Waals surface area contributed by atoms with Gasteiger partial charge in [-0.05, 0) is 44.9 Å². The number of carbonyl (C=O) groups is 1. The Morgan fingerprint density at radius 3 is 2.14 bits per heavy atom. The van der Waals surface area contributed by atoms with Crippen LogP contribution in [0.25, 0.3) is 0 Å². The van der Waals surface area contributed by atoms with E-state index < -0.39 is 5.41 Å². The third kappa shape index (κ3) is 5.91. The molecule has 0 bridgehead atoms. The van der Waals surface area contributed by atoms with Gasteiger partial charge in [0.15, 0.2) is 0 Å². The molecule has 118 valence electrons. The van der Waals surface area contributed by atoms with Gasteiger partial charge in [0.2, 0.25) is 0 Å². The van der Waals surface area contributed by atoms with Gasteiger partial charge < -0.3 is 4.74 Å². The quantitative estimate of drug-likeness (QED) is 0.547. The summed E-state index contributed by atoms with van der Waals surface area (Å²) in [6, 6.07) is 7.93. The number of rotatable bonds is 10. The Labute approximate surface area is 129 Å². The van der Waals surface area contributed by atoms with Gasteiger partial charge >= 0.3 is 0 Å². The molecule has 0 spiro atoms. The molecule has 2 heteroatoms. The van der Waals surface area contributed by atoms with E-state index in [-0.39, 0.29) is 5.78 Å². The summed E-state index contributed by atoms with van der Waals surface area (Å²) in [5, 5.41) is 0. The van der Waals surface area contributed by atoms with Crippen molar-refractivity contribution in [3.05, 3.63) is 29.8 Å². The summed E-state index contributed by atoms with van der Waals surface area (Å²) in [6.07, 6.45) is 7.64. The average Bonchev–Trinajstić information content (AvgIpc) is 2.46. The van der Waals surface area contributed by atoms with Crippen LogP contribution >= 0.6 is 0 Å². The van der Waals surface area contributed by atoms with E-state index in [1.807, 2.05) is 38.1 Å². The molecule has 0 unspecified atom stereocenters. The lowest BCUT2D eigenvalue weighted by Crippen LogP contribution is -2.26. The van der Waals surface area contributed by atoms with E-state index in [0.29, 0.717) is 0 Å². The zero-order chi connectivity index (χ0) is 15.7. The Balaban J connectivity index is 2.33. The molecule has 0 saturated carbocycles. The highest BCUT2D eigenvalue weighted by molar-refractivity contribution is 5.87. The molecular weight excluding hydrogens is 260 g/mol. The van der Waals surface area contributed by atoms with Gasteiger partial charge in [-0.15, -0.1) is 0 Å². The number of unbranched alkanes of at least 4 members (excludes halogenated alkanes) is 5. The highest BCUT2D eigenvalue weighted by Gasteiger charge is 2.25. The van der Waals surface area contributed by atoms with Crippen molar-refractivity contribution < 1.29 is 9.53 Å². The van der Waals surface area contributed by atoms with E-state index in [1.54, 1.807) is 6.92 Å². The van der Waals surface area contributed by atoms with Crippen molar-refractivity contribution in [1.29, 1.82) is 0 Å². The highest BCUT2D eigenvalue weighted by atomic mass is 16.5. The van der Waals surface area contributed by atoms with Crippen LogP contribution in [0.5, 0.6) is 5.75 Å². The number of ether oxygens (including phenoxy) is 1. The van der Waals surface area contributed by atoms with Crippen molar-refractivity contribution in [3.8, 4) is 5.75 Å². The summed E-state index contributed by atoms with van der Waals surface area (Å²) in [4.78, 5) is 11.6. The van der Waals surface area contributed by atoms with E-state index in [0.717, 1.165) is 24.3 Å². The van der Waals surface area contributed by atoms with E-state index in [1.165, 1.54) is 32.1 Å². The second-order valence-corrected chi connectivity index (χ2v) is 6.32. The van der Waals surface area contributed by atoms with Crippen molar-refractivity contribution >= 4 is 5.78 Å². The van der Waals surface area contributed by atoms with Crippen LogP contribution in [0, 0.1) is 0 Å². The number of Topliss-reactive ketones (excluding diaryl/α,β-unsaturated/α-hetero) is 1. The largest absolute Gasteiger partial charge is 0.494 e. The minimum Gasteiger partial charge on any atom is -0.494 e. The van der Waals surface area contributed by atoms with E-state index in [2.05, 4.69) is 6.92 Å². The third-order valence-corrected chi connectivity index (χ3v) is 4.22. The predicted octanol–water partition coefficient (Wildman–Crippen LogP) is 5.29. The first-order valence-electron chi connectivity index (χ1n) is 8.23. The fourth-order valence-electron chi connectivity index (χ4n) is 2.24. The molecule has 0 amide bonds. The predicted molar refractivity (Wildman–Crippen MR) is 89.0 cm³/mol. The maximum Gasteiger partial charge on any atom is 0.139 e. The van der Waals surface area contributed by atoms with Crippen LogP contribution in [0.15, 0.2) is 24.3 Å². The summed E-state index contributed by atoms with van der Waals surface area (Å²) >= 11 is 0. The van der Waals surface area contributed by atoms with Crippen LogP contribution in [0.2, 0.25) is 0 Å². The van der Waals surface area contributed by atoms with Crippen LogP contribution in [0.1, 0.15) is 71.8 Å². The Hall–Kier alpha value is -1.31. The molecule has 1 aromatic rings. The number of carbonyl (C=O) groups excluding carboxylic acids is 1. The Kier molecular flexibility index (Phi) is 7.49. The topological polar surface area (TPSA) is 26.3 Å². The number of hydrogen-bond acceptors (Lipinski definition) is 2. The number of hydrogen-bond donors (Lipinski definition) is 0. The first-order chi connectivity index (χ1) is 9.98. The monoisotopic (exact) mass is 290 g/mol. The molecule has 0 aliphatic heterocycles. The zero-order valence-corrected chi connectivity index (χ0v) is 14.1. The minimum absolute atomic E-state index is 0.184. The summed E-state index contributed by atoms with van der Waals surface area (Å²) in [7, 11) is 0. The van der Waals surface area contributed by atoms with E-state index in [9.17, 15) is 4.79 Å². The van der Waals surface area contributed by atoms with Crippen molar-refractivity contribution in [2.75, 3.05) is 6.61 Å². The lowest BCUT2D eigenvalue weighted by Gasteiger charge is -2.21. The molecule has 0 aliphatic rings. The zero-order valence-electron chi connectivity index (χ0n) is 14.1. The molecule has 0 aliphatic carbocycles. The van der Waals surface area contributed by atoms with Crippen LogP contribution in [0.3, 0.4) is 0 Å². The maximum atomic E-state index is 11.6. The minimum atomic E-state index is -0.419. The molecule has 0 N–H and O–H groups in total. The average molecular weight is 290 g/mol. The Bertz CT molecular complexity index is 418. The molecule has 0 heterocycles. The summed E-state index contributed by atoms with van der Waals surface area (Å²) in [5.74, 6) is 1.08. The SMILES string of the molecule is CCCCCCCCOc1ccc(C(C)(C)C(C)=O)cc1. The first-order valence-corrected chi connectivity index (χ1v) is 8.23. The van der Waals surface area contributed by atoms with Gasteiger partial charge in [-0.25, -0.2) is 0 Å². The summed E-state index contributed by atoms with van der Waals surface area (Å²) in [6.45, 7) is 8.58. The Morgan fingerprint density at radius 1 is 1.00 bits per heavy atom. The van der Waals surface area contributed by atoms with Crippen LogP contribution in [-0.4, -0.2) is 12.4 Å². The van der Waals surface area contributed by atoms with Crippen molar-refractivity contribution in [2.24, 2.45) is 0 Å². The fraction of sp³-hybridized carbons (Fsp3) is 0.632. The highest BCUT2D eigenvalue weighted by Crippen LogP contribution is 2.26. The number of ketones is 1. The second kappa shape index (κ2) is 8.86. The Morgan fingerprint density at radius 2 is 1.57 bits per heavy atom. The molecule has 21 heavy (non-hydrogen) atoms. The maximum absolute atomic E-state index is 11.6. The number of benzene rings is 1. The lowest BCUT2D eigenvalue weighted by molar-refractivity contribution is -0.121. The van der Waals surface area contributed by atoms with Gasteiger partial charge in [-0.1, -0.05) is 51.2 Å². The molecule has 0 radical (unpaired) electrons. The van der Waals surface area contributed by atoms with Gasteiger partial charge in [0.1, 0.15) is 11.5 Å². The molecule has 0 fully saturated rings. The molecular formula is C19H30O2. The second-order valence-electron chi connectivity index (χ2n) is 6.32. The van der Waals surface area contributed by atoms with E-state index >= 15 is 0 Å². The van der Waals surface area contributed by atoms with Gasteiger partial charge in [0.05, 0.1) is 6.61 Å². The summed E-state index contributed by atoms with van der Waals surface area (Å²) in [5.41, 5.74) is 0.625. The standard InChI is InChI=1S/C19H30O2/c1-5-6-7-8-9-10-15-21-18-13-11-17(12-14-18)19(3,4)16(2)20/h11-14H,5-10,15H2,1-4H3. The van der Waals surface area contributed by atoms with Crippen LogP contribution < -0.4 is 4.74 Å². The summed E-state index contributed by atoms with van der Waals surface area (Å²) < 4.78 is 5.76. The lowest BCUT2D eigenvalue weighted by atomic mass is 9.81. The molecule has 1 rings (SSSR count). The molecule has 2 nitrogen and oxygen atoms in total. The van der Waals surface area contributed by atoms with Crippen molar-refractivity contribution in [2.45, 2.75) is 71.6 Å². The normalized spacial score (nSPS) is 11.4. The van der Waals surface area contributed by atoms with Crippen molar-refractivity contribution in [3.63, 3.8) is 0 Å². The smallest absolute Gasteiger partial charge is 0.139 e. The molecule has 0 atom stereocenters. The van der Waals surface area contributed by atoms with Crippen LogP contribution in [-0.2, 0) is 10.2 Å². The fourth-order valence-corrected chi connectivity index (χ4v) is 2.24. The third-order valence-electron chi connectivity index (χ3n) is 4.22. The van der Waals surface area contributed by atoms with E-state index in [4.69, 9.17) is 4.74 Å².